The predicted molar refractivity (Wildman–Crippen MR) is 108 cm³/mol. The summed E-state index contributed by atoms with van der Waals surface area (Å²) < 4.78 is 1.33. The van der Waals surface area contributed by atoms with Gasteiger partial charge >= 0.3 is 5.97 Å². The van der Waals surface area contributed by atoms with E-state index in [9.17, 15) is 19.2 Å². The molecule has 0 bridgehead atoms. The van der Waals surface area contributed by atoms with Crippen LogP contribution in [0.1, 0.15) is 61.5 Å². The first-order chi connectivity index (χ1) is 14.3. The van der Waals surface area contributed by atoms with Crippen molar-refractivity contribution in [3.63, 3.8) is 0 Å². The average Bonchev–Trinajstić information content (AvgIpc) is 3.29. The molecular formula is C21H17N3O5S. The van der Waals surface area contributed by atoms with E-state index in [0.29, 0.717) is 10.8 Å². The van der Waals surface area contributed by atoms with Gasteiger partial charge in [0.2, 0.25) is 0 Å². The van der Waals surface area contributed by atoms with Crippen molar-refractivity contribution in [2.24, 2.45) is 0 Å². The molecule has 0 fully saturated rings. The summed E-state index contributed by atoms with van der Waals surface area (Å²) in [4.78, 5) is 59.0. The number of hydrogen-bond acceptors (Lipinski definition) is 7. The topological polar surface area (TPSA) is 98.6 Å². The highest BCUT2D eigenvalue weighted by Gasteiger charge is 2.38. The minimum absolute atomic E-state index is 0.0328. The number of aromatic nitrogens is 2. The second-order valence-corrected chi connectivity index (χ2v) is 7.93. The molecule has 0 saturated carbocycles. The van der Waals surface area contributed by atoms with E-state index in [2.05, 4.69) is 4.98 Å². The largest absolute Gasteiger partial charge is 0.365 e. The molecule has 3 aromatic rings. The highest BCUT2D eigenvalue weighted by atomic mass is 32.1. The SMILES string of the molecule is CC(C)c1nc(Cn2cc(C(=O)ON3C(=O)c4ccccc4C3=O)ccc2=O)cs1. The first-order valence-electron chi connectivity index (χ1n) is 9.20. The molecule has 1 aliphatic heterocycles. The molecule has 0 unspecified atom stereocenters. The van der Waals surface area contributed by atoms with Crippen LogP contribution in [0.4, 0.5) is 0 Å². The van der Waals surface area contributed by atoms with Crippen LogP contribution >= 0.6 is 11.3 Å². The third-order valence-electron chi connectivity index (χ3n) is 4.55. The fraction of sp³-hybridized carbons (Fsp3) is 0.190. The summed E-state index contributed by atoms with van der Waals surface area (Å²) in [7, 11) is 0. The van der Waals surface area contributed by atoms with Crippen molar-refractivity contribution >= 4 is 29.1 Å². The van der Waals surface area contributed by atoms with Crippen molar-refractivity contribution in [2.75, 3.05) is 0 Å². The monoisotopic (exact) mass is 423 g/mol. The molecule has 0 aliphatic carbocycles. The average molecular weight is 423 g/mol. The van der Waals surface area contributed by atoms with E-state index in [4.69, 9.17) is 4.84 Å². The number of amides is 2. The van der Waals surface area contributed by atoms with Crippen LogP contribution in [-0.2, 0) is 11.4 Å². The third kappa shape index (κ3) is 3.55. The molecule has 3 heterocycles. The standard InChI is InChI=1S/C21H17N3O5S/c1-12(2)18-22-14(11-30-18)10-23-9-13(7-8-17(23)25)21(28)29-24-19(26)15-5-3-4-6-16(15)20(24)27/h3-9,11-12H,10H2,1-2H3. The summed E-state index contributed by atoms with van der Waals surface area (Å²) in [5.74, 6) is -2.05. The number of rotatable bonds is 5. The summed E-state index contributed by atoms with van der Waals surface area (Å²) >= 11 is 1.51. The fourth-order valence-electron chi connectivity index (χ4n) is 3.00. The summed E-state index contributed by atoms with van der Waals surface area (Å²) in [6, 6.07) is 8.74. The zero-order chi connectivity index (χ0) is 21.4. The van der Waals surface area contributed by atoms with Gasteiger partial charge in [-0.05, 0) is 18.2 Å². The maximum Gasteiger partial charge on any atom is 0.365 e. The van der Waals surface area contributed by atoms with Gasteiger partial charge in [0.1, 0.15) is 0 Å². The minimum atomic E-state index is -0.917. The molecule has 1 aliphatic rings. The van der Waals surface area contributed by atoms with Crippen LogP contribution in [0, 0.1) is 0 Å². The fourth-order valence-corrected chi connectivity index (χ4v) is 3.82. The van der Waals surface area contributed by atoms with E-state index >= 15 is 0 Å². The van der Waals surface area contributed by atoms with Crippen LogP contribution in [0.25, 0.3) is 0 Å². The zero-order valence-electron chi connectivity index (χ0n) is 16.2. The van der Waals surface area contributed by atoms with Crippen LogP contribution in [-0.4, -0.2) is 32.4 Å². The number of hydrogen-bond donors (Lipinski definition) is 0. The number of carbonyl (C=O) groups excluding carboxylic acids is 3. The molecule has 0 saturated heterocycles. The minimum Gasteiger partial charge on any atom is -0.324 e. The van der Waals surface area contributed by atoms with E-state index in [1.54, 1.807) is 12.1 Å². The molecule has 9 heteroatoms. The second kappa shape index (κ2) is 7.68. The van der Waals surface area contributed by atoms with Crippen molar-refractivity contribution in [3.05, 3.63) is 85.7 Å². The maximum atomic E-state index is 12.6. The molecule has 8 nitrogen and oxygen atoms in total. The Labute approximate surface area is 175 Å². The van der Waals surface area contributed by atoms with Crippen LogP contribution in [0.2, 0.25) is 0 Å². The molecule has 0 spiro atoms. The molecule has 152 valence electrons. The van der Waals surface area contributed by atoms with Gasteiger partial charge in [0.15, 0.2) is 0 Å². The Hall–Kier alpha value is -3.59. The first-order valence-corrected chi connectivity index (χ1v) is 10.1. The molecule has 1 aromatic carbocycles. The van der Waals surface area contributed by atoms with Crippen molar-refractivity contribution in [3.8, 4) is 0 Å². The normalized spacial score (nSPS) is 13.1. The number of pyridine rings is 1. The maximum absolute atomic E-state index is 12.6. The van der Waals surface area contributed by atoms with Gasteiger partial charge in [0, 0.05) is 23.6 Å². The Morgan fingerprint density at radius 1 is 1.07 bits per heavy atom. The molecular weight excluding hydrogens is 406 g/mol. The van der Waals surface area contributed by atoms with Crippen LogP contribution in [0.5, 0.6) is 0 Å². The van der Waals surface area contributed by atoms with Gasteiger partial charge in [-0.1, -0.05) is 31.0 Å². The van der Waals surface area contributed by atoms with Gasteiger partial charge in [-0.15, -0.1) is 11.3 Å². The summed E-state index contributed by atoms with van der Waals surface area (Å²) in [6.07, 6.45) is 1.33. The number of hydroxylamine groups is 2. The van der Waals surface area contributed by atoms with E-state index in [0.717, 1.165) is 5.01 Å². The molecule has 2 aromatic heterocycles. The summed E-state index contributed by atoms with van der Waals surface area (Å²) in [6.45, 7) is 4.26. The lowest BCUT2D eigenvalue weighted by Gasteiger charge is -2.13. The van der Waals surface area contributed by atoms with Gasteiger partial charge in [-0.25, -0.2) is 9.78 Å². The Kier molecular flexibility index (Phi) is 5.04. The molecule has 2 amide bonds. The number of benzene rings is 1. The summed E-state index contributed by atoms with van der Waals surface area (Å²) in [5.41, 5.74) is 0.767. The van der Waals surface area contributed by atoms with Crippen molar-refractivity contribution < 1.29 is 19.2 Å². The van der Waals surface area contributed by atoms with Crippen molar-refractivity contribution in [2.45, 2.75) is 26.3 Å². The first kappa shape index (κ1) is 19.7. The lowest BCUT2D eigenvalue weighted by atomic mass is 10.1. The Bertz CT molecular complexity index is 1190. The smallest absolute Gasteiger partial charge is 0.324 e. The molecule has 0 atom stereocenters. The van der Waals surface area contributed by atoms with Crippen LogP contribution in [0.3, 0.4) is 0 Å². The highest BCUT2D eigenvalue weighted by Crippen LogP contribution is 2.23. The third-order valence-corrected chi connectivity index (χ3v) is 5.74. The van der Waals surface area contributed by atoms with Gasteiger partial charge in [-0.2, -0.15) is 0 Å². The van der Waals surface area contributed by atoms with Gasteiger partial charge in [0.05, 0.1) is 33.9 Å². The Balaban J connectivity index is 1.54. The van der Waals surface area contributed by atoms with E-state index in [-0.39, 0.29) is 34.7 Å². The van der Waals surface area contributed by atoms with Crippen molar-refractivity contribution in [1.82, 2.24) is 14.6 Å². The molecule has 0 radical (unpaired) electrons. The zero-order valence-corrected chi connectivity index (χ0v) is 17.0. The van der Waals surface area contributed by atoms with E-state index < -0.39 is 17.8 Å². The lowest BCUT2D eigenvalue weighted by molar-refractivity contribution is -0.0585. The predicted octanol–water partition coefficient (Wildman–Crippen LogP) is 2.84. The van der Waals surface area contributed by atoms with Gasteiger partial charge < -0.3 is 9.40 Å². The number of nitrogens with zero attached hydrogens (tertiary/aromatic N) is 3. The van der Waals surface area contributed by atoms with Crippen LogP contribution in [0.15, 0.2) is 52.8 Å². The molecule has 4 rings (SSSR count). The lowest BCUT2D eigenvalue weighted by Crippen LogP contribution is -2.33. The summed E-state index contributed by atoms with van der Waals surface area (Å²) in [5, 5.41) is 3.27. The number of thiazole rings is 1. The number of carbonyl (C=O) groups is 3. The Morgan fingerprint density at radius 3 is 2.33 bits per heavy atom. The highest BCUT2D eigenvalue weighted by molar-refractivity contribution is 7.09. The van der Waals surface area contributed by atoms with Crippen LogP contribution < -0.4 is 5.56 Å². The molecule has 0 N–H and O–H groups in total. The van der Waals surface area contributed by atoms with Gasteiger partial charge in [0.25, 0.3) is 17.4 Å². The van der Waals surface area contributed by atoms with E-state index in [1.165, 1.54) is 46.4 Å². The van der Waals surface area contributed by atoms with Gasteiger partial charge in [-0.3, -0.25) is 14.4 Å². The second-order valence-electron chi connectivity index (χ2n) is 7.04. The quantitative estimate of drug-likeness (QED) is 0.585. The number of imide groups is 1. The number of fused-ring (bicyclic) bond motifs is 1. The Morgan fingerprint density at radius 2 is 1.73 bits per heavy atom. The van der Waals surface area contributed by atoms with Crippen molar-refractivity contribution in [1.29, 1.82) is 0 Å². The van der Waals surface area contributed by atoms with E-state index in [1.807, 2.05) is 19.2 Å². The molecule has 30 heavy (non-hydrogen) atoms.